The Morgan fingerprint density at radius 1 is 0.815 bits per heavy atom. The number of hydrogen-bond acceptors (Lipinski definition) is 11. The molecule has 284 valence electrons. The highest BCUT2D eigenvalue weighted by molar-refractivity contribution is 5.68. The SMILES string of the molecule is CC(C)c1c(-c2cnn(CC(=O)O)c2)nc(-n2ccnc2)[nH]c1=O.Cc1nc(-n2ccnc2)nc(-c2cnn(CC(=O)O)c2)c1C(C)C.O=CC(F)(F)F. The van der Waals surface area contributed by atoms with Gasteiger partial charge in [-0.2, -0.15) is 23.4 Å². The Hall–Kier alpha value is -6.80. The summed E-state index contributed by atoms with van der Waals surface area (Å²) in [6, 6.07) is 0. The number of H-pyrrole nitrogens is 1. The molecular weight excluding hydrogens is 717 g/mol. The van der Waals surface area contributed by atoms with Gasteiger partial charge in [-0.25, -0.2) is 24.9 Å². The van der Waals surface area contributed by atoms with E-state index in [9.17, 15) is 27.6 Å². The number of aromatic nitrogens is 12. The number of aryl methyl sites for hydroxylation is 1. The Balaban J connectivity index is 0.000000209. The summed E-state index contributed by atoms with van der Waals surface area (Å²) in [5.74, 6) is -0.910. The van der Waals surface area contributed by atoms with Crippen molar-refractivity contribution in [2.75, 3.05) is 0 Å². The maximum Gasteiger partial charge on any atom is 0.446 e. The summed E-state index contributed by atoms with van der Waals surface area (Å²) in [6.45, 7) is 9.46. The van der Waals surface area contributed by atoms with Crippen molar-refractivity contribution in [1.82, 2.24) is 58.6 Å². The van der Waals surface area contributed by atoms with Gasteiger partial charge >= 0.3 is 18.1 Å². The Bertz CT molecular complexity index is 2260. The lowest BCUT2D eigenvalue weighted by Crippen LogP contribution is -2.20. The zero-order valence-corrected chi connectivity index (χ0v) is 29.5. The highest BCUT2D eigenvalue weighted by Crippen LogP contribution is 2.30. The first-order chi connectivity index (χ1) is 25.5. The number of alkyl halides is 3. The number of carboxylic acid groups (broad SMARTS) is 2. The molecule has 6 heterocycles. The number of nitrogens with zero attached hydrogens (tertiary/aromatic N) is 11. The number of imidazole rings is 2. The number of nitrogens with one attached hydrogen (secondary N) is 1. The molecule has 0 amide bonds. The second-order valence-corrected chi connectivity index (χ2v) is 12.1. The fraction of sp³-hybridized carbons (Fsp3) is 0.303. The molecule has 6 rings (SSSR count). The maximum absolute atomic E-state index is 12.5. The molecule has 0 radical (unpaired) electrons. The van der Waals surface area contributed by atoms with Gasteiger partial charge in [0.25, 0.3) is 5.56 Å². The molecule has 0 aliphatic heterocycles. The Kier molecular flexibility index (Phi) is 12.7. The fourth-order valence-corrected chi connectivity index (χ4v) is 5.13. The molecule has 0 aliphatic carbocycles. The van der Waals surface area contributed by atoms with E-state index in [0.29, 0.717) is 28.7 Å². The second-order valence-electron chi connectivity index (χ2n) is 12.1. The van der Waals surface area contributed by atoms with Crippen LogP contribution in [0.5, 0.6) is 0 Å². The van der Waals surface area contributed by atoms with Gasteiger partial charge in [0.15, 0.2) is 0 Å². The number of aliphatic carboxylic acids is 2. The summed E-state index contributed by atoms with van der Waals surface area (Å²) >= 11 is 0. The lowest BCUT2D eigenvalue weighted by Gasteiger charge is -2.15. The molecule has 0 unspecified atom stereocenters. The van der Waals surface area contributed by atoms with Gasteiger partial charge in [-0.3, -0.25) is 42.7 Å². The van der Waals surface area contributed by atoms with E-state index in [0.717, 1.165) is 22.5 Å². The van der Waals surface area contributed by atoms with Gasteiger partial charge < -0.3 is 10.2 Å². The first-order valence-electron chi connectivity index (χ1n) is 16.0. The molecule has 0 fully saturated rings. The summed E-state index contributed by atoms with van der Waals surface area (Å²) < 4.78 is 37.3. The van der Waals surface area contributed by atoms with Crippen molar-refractivity contribution in [2.45, 2.75) is 65.7 Å². The lowest BCUT2D eigenvalue weighted by atomic mass is 9.97. The smallest absolute Gasteiger partial charge is 0.446 e. The molecule has 0 spiro atoms. The van der Waals surface area contributed by atoms with Crippen molar-refractivity contribution in [3.05, 3.63) is 89.4 Å². The van der Waals surface area contributed by atoms with E-state index in [1.165, 1.54) is 21.9 Å². The molecule has 21 heteroatoms. The third kappa shape index (κ3) is 10.4. The van der Waals surface area contributed by atoms with Crippen LogP contribution in [0.3, 0.4) is 0 Å². The van der Waals surface area contributed by atoms with Crippen LogP contribution in [-0.2, 0) is 27.5 Å². The topological polar surface area (TPSA) is 234 Å². The third-order valence-electron chi connectivity index (χ3n) is 7.25. The van der Waals surface area contributed by atoms with Crippen LogP contribution in [0.1, 0.15) is 56.4 Å². The van der Waals surface area contributed by atoms with Crippen LogP contribution in [0.25, 0.3) is 34.4 Å². The molecule has 0 atom stereocenters. The third-order valence-corrected chi connectivity index (χ3v) is 7.25. The lowest BCUT2D eigenvalue weighted by molar-refractivity contribution is -0.156. The predicted octanol–water partition coefficient (Wildman–Crippen LogP) is 3.82. The molecular formula is C33H35F3N12O6. The molecule has 0 aliphatic rings. The van der Waals surface area contributed by atoms with Crippen LogP contribution in [0.2, 0.25) is 0 Å². The normalized spacial score (nSPS) is 11.1. The molecule has 0 aromatic carbocycles. The number of aldehydes is 1. The zero-order valence-electron chi connectivity index (χ0n) is 29.5. The van der Waals surface area contributed by atoms with Gasteiger partial charge in [0, 0.05) is 65.1 Å². The van der Waals surface area contributed by atoms with E-state index >= 15 is 0 Å². The number of hydrogen-bond donors (Lipinski definition) is 3. The summed E-state index contributed by atoms with van der Waals surface area (Å²) in [5.41, 5.74) is 4.78. The van der Waals surface area contributed by atoms with Crippen LogP contribution in [0, 0.1) is 6.92 Å². The minimum Gasteiger partial charge on any atom is -0.480 e. The first kappa shape index (κ1) is 40.0. The van der Waals surface area contributed by atoms with Gasteiger partial charge in [-0.05, 0) is 18.8 Å². The predicted molar refractivity (Wildman–Crippen MR) is 184 cm³/mol. The van der Waals surface area contributed by atoms with Gasteiger partial charge in [0.2, 0.25) is 18.2 Å². The van der Waals surface area contributed by atoms with Gasteiger partial charge in [0.05, 0.1) is 23.8 Å². The molecule has 6 aromatic heterocycles. The standard InChI is InChI=1S/C16H18N6O2.C15H16N6O3.C2HF3O/c1-10(2)14-11(3)19-16(21-5-4-17-9-21)20-15(14)12-6-18-22(7-12)8-13(23)24;1-9(2)12-13(10-5-17-21(6-10)7-11(22)23)18-15(19-14(12)24)20-4-3-16-8-20;3-2(4,5)1-6/h4-7,9-10H,8H2,1-3H3,(H,23,24);3-6,8-9H,7H2,1-2H3,(H,22,23)(H,18,19,24);1H. The highest BCUT2D eigenvalue weighted by atomic mass is 19.4. The Morgan fingerprint density at radius 3 is 1.72 bits per heavy atom. The van der Waals surface area contributed by atoms with Crippen molar-refractivity contribution >= 4 is 18.2 Å². The zero-order chi connectivity index (χ0) is 39.7. The summed E-state index contributed by atoms with van der Waals surface area (Å²) in [7, 11) is 0. The number of carbonyl (C=O) groups is 3. The molecule has 6 aromatic rings. The highest BCUT2D eigenvalue weighted by Gasteiger charge is 2.25. The fourth-order valence-electron chi connectivity index (χ4n) is 5.13. The van der Waals surface area contributed by atoms with Crippen LogP contribution >= 0.6 is 0 Å². The quantitative estimate of drug-likeness (QED) is 0.169. The van der Waals surface area contributed by atoms with Crippen molar-refractivity contribution in [3.8, 4) is 34.4 Å². The van der Waals surface area contributed by atoms with Crippen LogP contribution in [-0.4, -0.2) is 93.2 Å². The van der Waals surface area contributed by atoms with E-state index in [4.69, 9.17) is 15.0 Å². The van der Waals surface area contributed by atoms with Crippen LogP contribution in [0.4, 0.5) is 13.2 Å². The van der Waals surface area contributed by atoms with E-state index in [2.05, 4.69) is 53.9 Å². The minimum absolute atomic E-state index is 0.0593. The Morgan fingerprint density at radius 2 is 1.30 bits per heavy atom. The van der Waals surface area contributed by atoms with E-state index in [1.54, 1.807) is 58.8 Å². The summed E-state index contributed by atoms with van der Waals surface area (Å²) in [4.78, 5) is 67.4. The summed E-state index contributed by atoms with van der Waals surface area (Å²) in [5, 5.41) is 25.9. The van der Waals surface area contributed by atoms with Crippen LogP contribution in [0.15, 0.2) is 67.0 Å². The van der Waals surface area contributed by atoms with E-state index in [1.807, 2.05) is 20.8 Å². The van der Waals surface area contributed by atoms with Gasteiger partial charge in [-0.15, -0.1) is 0 Å². The number of rotatable bonds is 10. The van der Waals surface area contributed by atoms with Gasteiger partial charge in [-0.1, -0.05) is 27.7 Å². The van der Waals surface area contributed by atoms with Gasteiger partial charge in [0.1, 0.15) is 25.7 Å². The van der Waals surface area contributed by atoms with Crippen LogP contribution < -0.4 is 5.56 Å². The second kappa shape index (κ2) is 17.1. The maximum atomic E-state index is 12.5. The average molecular weight is 753 g/mol. The molecule has 0 saturated carbocycles. The molecule has 0 bridgehead atoms. The largest absolute Gasteiger partial charge is 0.480 e. The molecule has 0 saturated heterocycles. The number of aromatic amines is 1. The average Bonchev–Trinajstić information content (AvgIpc) is 3.92. The van der Waals surface area contributed by atoms with Crippen molar-refractivity contribution in [1.29, 1.82) is 0 Å². The number of carbonyl (C=O) groups excluding carboxylic acids is 1. The minimum atomic E-state index is -4.64. The van der Waals surface area contributed by atoms with Crippen molar-refractivity contribution in [3.63, 3.8) is 0 Å². The molecule has 3 N–H and O–H groups in total. The van der Waals surface area contributed by atoms with Crippen molar-refractivity contribution < 1.29 is 37.8 Å². The molecule has 18 nitrogen and oxygen atoms in total. The summed E-state index contributed by atoms with van der Waals surface area (Å²) in [6.07, 6.45) is 10.6. The van der Waals surface area contributed by atoms with E-state index < -0.39 is 24.4 Å². The number of halogens is 3. The van der Waals surface area contributed by atoms with E-state index in [-0.39, 0.29) is 30.5 Å². The van der Waals surface area contributed by atoms with Crippen molar-refractivity contribution in [2.24, 2.45) is 0 Å². The monoisotopic (exact) mass is 752 g/mol. The number of carboxylic acids is 2. The molecule has 54 heavy (non-hydrogen) atoms. The first-order valence-corrected chi connectivity index (χ1v) is 16.0. The Labute approximate surface area is 304 Å².